The number of nitrogen functional groups attached to an aromatic ring is 1. The predicted octanol–water partition coefficient (Wildman–Crippen LogP) is 4.70. The van der Waals surface area contributed by atoms with E-state index in [-0.39, 0.29) is 0 Å². The zero-order valence-corrected chi connectivity index (χ0v) is 14.4. The van der Waals surface area contributed by atoms with Crippen molar-refractivity contribution in [2.75, 3.05) is 19.5 Å². The highest BCUT2D eigenvalue weighted by atomic mass is 16.5. The van der Waals surface area contributed by atoms with Gasteiger partial charge in [0, 0.05) is 5.69 Å². The summed E-state index contributed by atoms with van der Waals surface area (Å²) in [7, 11) is 1.68. The molecule has 3 aromatic rings. The van der Waals surface area contributed by atoms with Gasteiger partial charge >= 0.3 is 0 Å². The first-order valence-electron chi connectivity index (χ1n) is 8.40. The van der Waals surface area contributed by atoms with E-state index in [9.17, 15) is 0 Å². The van der Waals surface area contributed by atoms with Crippen molar-refractivity contribution in [3.63, 3.8) is 0 Å². The molecule has 0 amide bonds. The Kier molecular flexibility index (Phi) is 5.70. The molecule has 0 saturated heterocycles. The summed E-state index contributed by atoms with van der Waals surface area (Å²) >= 11 is 0. The monoisotopic (exact) mass is 333 g/mol. The van der Waals surface area contributed by atoms with Crippen LogP contribution in [0.3, 0.4) is 0 Å². The van der Waals surface area contributed by atoms with E-state index >= 15 is 0 Å². The quantitative estimate of drug-likeness (QED) is 0.503. The van der Waals surface area contributed by atoms with Crippen LogP contribution >= 0.6 is 0 Å². The molecule has 3 heteroatoms. The van der Waals surface area contributed by atoms with E-state index in [1.807, 2.05) is 30.3 Å². The van der Waals surface area contributed by atoms with Gasteiger partial charge in [0.25, 0.3) is 0 Å². The van der Waals surface area contributed by atoms with Gasteiger partial charge < -0.3 is 15.2 Å². The van der Waals surface area contributed by atoms with Crippen LogP contribution in [0, 0.1) is 0 Å². The standard InChI is InChI=1S/C22H23NO2/c1-24-22-10-8-19(9-11-22)20-6-2-5-18(14-20)16-25-13-12-17-4-3-7-21(23)15-17/h2-11,14-15H,12-13,16,23H2,1H3. The molecule has 0 aliphatic carbocycles. The highest BCUT2D eigenvalue weighted by Crippen LogP contribution is 2.23. The fourth-order valence-corrected chi connectivity index (χ4v) is 2.75. The van der Waals surface area contributed by atoms with Gasteiger partial charge in [-0.3, -0.25) is 0 Å². The molecule has 3 rings (SSSR count). The normalized spacial score (nSPS) is 10.6. The van der Waals surface area contributed by atoms with E-state index in [0.717, 1.165) is 17.9 Å². The van der Waals surface area contributed by atoms with Gasteiger partial charge in [0.1, 0.15) is 5.75 Å². The Balaban J connectivity index is 1.56. The van der Waals surface area contributed by atoms with Gasteiger partial charge in [-0.2, -0.15) is 0 Å². The van der Waals surface area contributed by atoms with Crippen LogP contribution < -0.4 is 10.5 Å². The topological polar surface area (TPSA) is 44.5 Å². The number of ether oxygens (including phenoxy) is 2. The van der Waals surface area contributed by atoms with Crippen molar-refractivity contribution in [3.05, 3.63) is 83.9 Å². The highest BCUT2D eigenvalue weighted by molar-refractivity contribution is 5.64. The number of benzene rings is 3. The van der Waals surface area contributed by atoms with Crippen molar-refractivity contribution in [1.29, 1.82) is 0 Å². The van der Waals surface area contributed by atoms with Crippen molar-refractivity contribution >= 4 is 5.69 Å². The fourth-order valence-electron chi connectivity index (χ4n) is 2.75. The molecule has 0 radical (unpaired) electrons. The molecule has 0 fully saturated rings. The molecule has 128 valence electrons. The second kappa shape index (κ2) is 8.36. The zero-order chi connectivity index (χ0) is 17.5. The van der Waals surface area contributed by atoms with Gasteiger partial charge in [0.05, 0.1) is 20.3 Å². The number of methoxy groups -OCH3 is 1. The molecule has 0 aliphatic heterocycles. The zero-order valence-electron chi connectivity index (χ0n) is 14.4. The molecule has 25 heavy (non-hydrogen) atoms. The minimum atomic E-state index is 0.603. The van der Waals surface area contributed by atoms with Gasteiger partial charge in [-0.05, 0) is 59.0 Å². The Morgan fingerprint density at radius 1 is 0.800 bits per heavy atom. The van der Waals surface area contributed by atoms with Gasteiger partial charge in [-0.15, -0.1) is 0 Å². The lowest BCUT2D eigenvalue weighted by molar-refractivity contribution is 0.124. The van der Waals surface area contributed by atoms with E-state index in [4.69, 9.17) is 15.2 Å². The Hall–Kier alpha value is -2.78. The summed E-state index contributed by atoms with van der Waals surface area (Å²) in [4.78, 5) is 0. The number of anilines is 1. The first kappa shape index (κ1) is 17.1. The Labute approximate surface area is 149 Å². The lowest BCUT2D eigenvalue weighted by atomic mass is 10.0. The van der Waals surface area contributed by atoms with Gasteiger partial charge in [-0.1, -0.05) is 42.5 Å². The Morgan fingerprint density at radius 3 is 2.32 bits per heavy atom. The second-order valence-corrected chi connectivity index (χ2v) is 5.98. The molecule has 0 atom stereocenters. The van der Waals surface area contributed by atoms with E-state index in [2.05, 4.69) is 42.5 Å². The summed E-state index contributed by atoms with van der Waals surface area (Å²) in [6, 6.07) is 24.5. The Morgan fingerprint density at radius 2 is 1.56 bits per heavy atom. The smallest absolute Gasteiger partial charge is 0.118 e. The lowest BCUT2D eigenvalue weighted by Crippen LogP contribution is -2.00. The van der Waals surface area contributed by atoms with Crippen molar-refractivity contribution in [3.8, 4) is 16.9 Å². The first-order valence-corrected chi connectivity index (χ1v) is 8.40. The molecule has 3 nitrogen and oxygen atoms in total. The van der Waals surface area contributed by atoms with Crippen LogP contribution in [-0.4, -0.2) is 13.7 Å². The fraction of sp³-hybridized carbons (Fsp3) is 0.182. The van der Waals surface area contributed by atoms with Crippen LogP contribution in [0.2, 0.25) is 0 Å². The van der Waals surface area contributed by atoms with Crippen LogP contribution in [0.4, 0.5) is 5.69 Å². The SMILES string of the molecule is COc1ccc(-c2cccc(COCCc3cccc(N)c3)c2)cc1. The molecule has 3 aromatic carbocycles. The number of nitrogens with two attached hydrogens (primary N) is 1. The van der Waals surface area contributed by atoms with Crippen LogP contribution in [0.15, 0.2) is 72.8 Å². The Bertz CT molecular complexity index is 812. The van der Waals surface area contributed by atoms with Crippen molar-refractivity contribution < 1.29 is 9.47 Å². The van der Waals surface area contributed by atoms with Crippen LogP contribution in [0.1, 0.15) is 11.1 Å². The van der Waals surface area contributed by atoms with E-state index in [1.54, 1.807) is 7.11 Å². The number of hydrogen-bond acceptors (Lipinski definition) is 3. The van der Waals surface area contributed by atoms with Crippen LogP contribution in [-0.2, 0) is 17.8 Å². The maximum atomic E-state index is 5.83. The molecule has 0 aromatic heterocycles. The number of rotatable bonds is 7. The molecule has 0 heterocycles. The minimum Gasteiger partial charge on any atom is -0.497 e. The van der Waals surface area contributed by atoms with E-state index < -0.39 is 0 Å². The third-order valence-corrected chi connectivity index (χ3v) is 4.11. The van der Waals surface area contributed by atoms with E-state index in [1.165, 1.54) is 22.3 Å². The maximum Gasteiger partial charge on any atom is 0.118 e. The van der Waals surface area contributed by atoms with Crippen LogP contribution in [0.25, 0.3) is 11.1 Å². The summed E-state index contributed by atoms with van der Waals surface area (Å²) < 4.78 is 11.0. The third-order valence-electron chi connectivity index (χ3n) is 4.11. The molecule has 0 spiro atoms. The molecular weight excluding hydrogens is 310 g/mol. The molecule has 0 bridgehead atoms. The lowest BCUT2D eigenvalue weighted by Gasteiger charge is -2.08. The second-order valence-electron chi connectivity index (χ2n) is 5.98. The maximum absolute atomic E-state index is 5.83. The third kappa shape index (κ3) is 4.85. The van der Waals surface area contributed by atoms with Gasteiger partial charge in [-0.25, -0.2) is 0 Å². The summed E-state index contributed by atoms with van der Waals surface area (Å²) in [6.45, 7) is 1.28. The van der Waals surface area contributed by atoms with Crippen LogP contribution in [0.5, 0.6) is 5.75 Å². The van der Waals surface area contributed by atoms with Crippen molar-refractivity contribution in [2.24, 2.45) is 0 Å². The largest absolute Gasteiger partial charge is 0.497 e. The average Bonchev–Trinajstić information content (AvgIpc) is 2.66. The molecular formula is C22H23NO2. The summed E-state index contributed by atoms with van der Waals surface area (Å²) in [6.07, 6.45) is 0.864. The predicted molar refractivity (Wildman–Crippen MR) is 103 cm³/mol. The van der Waals surface area contributed by atoms with Gasteiger partial charge in [0.15, 0.2) is 0 Å². The summed E-state index contributed by atoms with van der Waals surface area (Å²) in [5, 5.41) is 0. The molecule has 0 aliphatic rings. The molecule has 2 N–H and O–H groups in total. The van der Waals surface area contributed by atoms with E-state index in [0.29, 0.717) is 13.2 Å². The van der Waals surface area contributed by atoms with Gasteiger partial charge in [0.2, 0.25) is 0 Å². The molecule has 0 saturated carbocycles. The first-order chi connectivity index (χ1) is 12.2. The molecule has 0 unspecified atom stereocenters. The summed E-state index contributed by atoms with van der Waals surface area (Å²) in [5.74, 6) is 0.866. The van der Waals surface area contributed by atoms with Crippen molar-refractivity contribution in [1.82, 2.24) is 0 Å². The highest BCUT2D eigenvalue weighted by Gasteiger charge is 2.01. The van der Waals surface area contributed by atoms with Crippen molar-refractivity contribution in [2.45, 2.75) is 13.0 Å². The summed E-state index contributed by atoms with van der Waals surface area (Å²) in [5.41, 5.74) is 11.3. The number of hydrogen-bond donors (Lipinski definition) is 1. The average molecular weight is 333 g/mol. The minimum absolute atomic E-state index is 0.603.